The molecule has 1 heteroatoms. The molecule has 0 bridgehead atoms. The van der Waals surface area contributed by atoms with Crippen LogP contribution in [-0.2, 0) is 10.9 Å². The lowest BCUT2D eigenvalue weighted by Gasteiger charge is -2.07. The third-order valence-corrected chi connectivity index (χ3v) is 5.04. The summed E-state index contributed by atoms with van der Waals surface area (Å²) in [6.45, 7) is 16.0. The Bertz CT molecular complexity index is 501. The second-order valence-corrected chi connectivity index (χ2v) is 5.85. The average Bonchev–Trinajstić information content (AvgIpc) is 2.64. The van der Waals surface area contributed by atoms with Gasteiger partial charge in [-0.05, 0) is 43.3 Å². The zero-order valence-corrected chi connectivity index (χ0v) is 14.8. The van der Waals surface area contributed by atoms with E-state index in [2.05, 4.69) is 93.4 Å². The van der Waals surface area contributed by atoms with E-state index in [-0.39, 0.29) is 10.9 Å². The molecule has 0 nitrogen and oxygen atoms in total. The molecule has 0 spiro atoms. The van der Waals surface area contributed by atoms with E-state index < -0.39 is 0 Å². The molecule has 0 atom stereocenters. The van der Waals surface area contributed by atoms with Gasteiger partial charge in [0.1, 0.15) is 0 Å². The van der Waals surface area contributed by atoms with E-state index in [1.165, 1.54) is 14.7 Å². The summed E-state index contributed by atoms with van der Waals surface area (Å²) in [4.78, 5) is 3.93. The molecule has 0 saturated carbocycles. The van der Waals surface area contributed by atoms with Crippen molar-refractivity contribution in [2.24, 2.45) is 0 Å². The summed E-state index contributed by atoms with van der Waals surface area (Å²) >= 11 is 0. The van der Waals surface area contributed by atoms with E-state index in [0.717, 1.165) is 0 Å². The summed E-state index contributed by atoms with van der Waals surface area (Å²) in [7, 11) is -0.0460. The van der Waals surface area contributed by atoms with Crippen molar-refractivity contribution in [3.63, 3.8) is 0 Å². The van der Waals surface area contributed by atoms with Crippen LogP contribution in [0.25, 0.3) is 0 Å². The molecular formula is C21H27S+. The van der Waals surface area contributed by atoms with Crippen molar-refractivity contribution in [2.75, 3.05) is 0 Å². The molecule has 0 heterocycles. The Kier molecular flexibility index (Phi) is 11.6. The standard InChI is InChI=1S/C17H17S.C2H6.C2H4/c1-3-15(4-2)18(16-11-7-5-8-12-16)17-13-9-6-10-14-17;2*1-2/h3-14H,1H2,2H3;1-2H3;1-2H2/q+1;;/b15-4+;;. The normalized spacial score (nSPS) is 9.91. The fourth-order valence-electron chi connectivity index (χ4n) is 1.84. The van der Waals surface area contributed by atoms with Gasteiger partial charge in [0.2, 0.25) is 0 Å². The number of rotatable bonds is 4. The van der Waals surface area contributed by atoms with Crippen LogP contribution in [0, 0.1) is 0 Å². The van der Waals surface area contributed by atoms with Gasteiger partial charge in [0.05, 0.1) is 10.9 Å². The molecular weight excluding hydrogens is 284 g/mol. The summed E-state index contributed by atoms with van der Waals surface area (Å²) in [5.41, 5.74) is 0. The molecule has 0 amide bonds. The van der Waals surface area contributed by atoms with Crippen molar-refractivity contribution >= 4 is 10.9 Å². The Hall–Kier alpha value is -1.99. The minimum Gasteiger partial charge on any atom is -0.106 e. The molecule has 0 radical (unpaired) electrons. The van der Waals surface area contributed by atoms with Crippen LogP contribution in [0.3, 0.4) is 0 Å². The Morgan fingerprint density at radius 1 is 0.818 bits per heavy atom. The van der Waals surface area contributed by atoms with Crippen LogP contribution in [0.5, 0.6) is 0 Å². The van der Waals surface area contributed by atoms with Crippen LogP contribution in [0.2, 0.25) is 0 Å². The Morgan fingerprint density at radius 3 is 1.45 bits per heavy atom. The van der Waals surface area contributed by atoms with E-state index in [4.69, 9.17) is 0 Å². The highest BCUT2D eigenvalue weighted by Crippen LogP contribution is 2.30. The highest BCUT2D eigenvalue weighted by Gasteiger charge is 2.28. The summed E-state index contributed by atoms with van der Waals surface area (Å²) in [6.07, 6.45) is 4.11. The van der Waals surface area contributed by atoms with Gasteiger partial charge in [-0.25, -0.2) is 0 Å². The summed E-state index contributed by atoms with van der Waals surface area (Å²) in [5.74, 6) is 0. The first-order valence-corrected chi connectivity index (χ1v) is 8.72. The highest BCUT2D eigenvalue weighted by atomic mass is 32.2. The predicted molar refractivity (Wildman–Crippen MR) is 103 cm³/mol. The molecule has 0 aromatic heterocycles. The van der Waals surface area contributed by atoms with Crippen LogP contribution >= 0.6 is 0 Å². The lowest BCUT2D eigenvalue weighted by molar-refractivity contribution is 1.38. The van der Waals surface area contributed by atoms with Crippen molar-refractivity contribution in [3.05, 3.63) is 97.5 Å². The maximum Gasteiger partial charge on any atom is 0.166 e. The monoisotopic (exact) mass is 311 g/mol. The van der Waals surface area contributed by atoms with Gasteiger partial charge >= 0.3 is 0 Å². The van der Waals surface area contributed by atoms with Crippen LogP contribution in [0.1, 0.15) is 20.8 Å². The fraction of sp³-hybridized carbons (Fsp3) is 0.143. The summed E-state index contributed by atoms with van der Waals surface area (Å²) < 4.78 is 0. The van der Waals surface area contributed by atoms with Gasteiger partial charge in [-0.3, -0.25) is 0 Å². The lowest BCUT2D eigenvalue weighted by Crippen LogP contribution is -2.05. The zero-order chi connectivity index (χ0) is 16.8. The van der Waals surface area contributed by atoms with E-state index in [1.54, 1.807) is 0 Å². The lowest BCUT2D eigenvalue weighted by atomic mass is 10.4. The van der Waals surface area contributed by atoms with E-state index in [0.29, 0.717) is 0 Å². The summed E-state index contributed by atoms with van der Waals surface area (Å²) in [6, 6.07) is 21.2. The van der Waals surface area contributed by atoms with Gasteiger partial charge in [0.25, 0.3) is 0 Å². The van der Waals surface area contributed by atoms with Gasteiger partial charge in [0.15, 0.2) is 14.7 Å². The minimum atomic E-state index is -0.0460. The molecule has 2 aromatic rings. The van der Waals surface area contributed by atoms with Crippen molar-refractivity contribution < 1.29 is 0 Å². The van der Waals surface area contributed by atoms with Crippen LogP contribution in [0.4, 0.5) is 0 Å². The van der Waals surface area contributed by atoms with E-state index >= 15 is 0 Å². The van der Waals surface area contributed by atoms with Gasteiger partial charge in [0, 0.05) is 0 Å². The second-order valence-electron chi connectivity index (χ2n) is 3.83. The molecule has 0 N–H and O–H groups in total. The third kappa shape index (κ3) is 5.79. The predicted octanol–water partition coefficient (Wildman–Crippen LogP) is 6.64. The van der Waals surface area contributed by atoms with Crippen LogP contribution in [0.15, 0.2) is 107 Å². The molecule has 22 heavy (non-hydrogen) atoms. The quantitative estimate of drug-likeness (QED) is 0.337. The van der Waals surface area contributed by atoms with Crippen molar-refractivity contribution in [1.29, 1.82) is 0 Å². The molecule has 0 aliphatic rings. The van der Waals surface area contributed by atoms with E-state index in [1.807, 2.05) is 19.9 Å². The van der Waals surface area contributed by atoms with E-state index in [9.17, 15) is 0 Å². The Morgan fingerprint density at radius 2 is 1.18 bits per heavy atom. The third-order valence-electron chi connectivity index (χ3n) is 2.68. The Labute approximate surface area is 139 Å². The van der Waals surface area contributed by atoms with Gasteiger partial charge in [-0.1, -0.05) is 56.8 Å². The SMILES string of the molecule is C=C.C=C/C(=C\C)[S+](c1ccccc1)c1ccccc1.CC. The largest absolute Gasteiger partial charge is 0.166 e. The zero-order valence-electron chi connectivity index (χ0n) is 14.0. The average molecular weight is 312 g/mol. The summed E-state index contributed by atoms with van der Waals surface area (Å²) in [5, 5.41) is 0. The van der Waals surface area contributed by atoms with Crippen molar-refractivity contribution in [1.82, 2.24) is 0 Å². The minimum absolute atomic E-state index is 0.0460. The molecule has 0 saturated heterocycles. The first-order valence-electron chi connectivity index (χ1n) is 7.50. The molecule has 0 aliphatic heterocycles. The molecule has 0 aliphatic carbocycles. The smallest absolute Gasteiger partial charge is 0.106 e. The molecule has 0 fully saturated rings. The van der Waals surface area contributed by atoms with Gasteiger partial charge in [-0.2, -0.15) is 0 Å². The van der Waals surface area contributed by atoms with Crippen LogP contribution < -0.4 is 0 Å². The van der Waals surface area contributed by atoms with Gasteiger partial charge < -0.3 is 0 Å². The number of hydrogen-bond acceptors (Lipinski definition) is 0. The maximum absolute atomic E-state index is 3.94. The maximum atomic E-state index is 3.94. The number of hydrogen-bond donors (Lipinski definition) is 0. The molecule has 116 valence electrons. The number of allylic oxidation sites excluding steroid dienone is 2. The fourth-order valence-corrected chi connectivity index (χ4v) is 3.92. The first-order chi connectivity index (χ1) is 10.9. The first kappa shape index (κ1) is 20.0. The molecule has 0 unspecified atom stereocenters. The highest BCUT2D eigenvalue weighted by molar-refractivity contribution is 8.00. The van der Waals surface area contributed by atoms with Crippen molar-refractivity contribution in [3.8, 4) is 0 Å². The topological polar surface area (TPSA) is 0 Å². The molecule has 2 aromatic carbocycles. The number of benzene rings is 2. The van der Waals surface area contributed by atoms with Crippen molar-refractivity contribution in [2.45, 2.75) is 30.6 Å². The van der Waals surface area contributed by atoms with Crippen LogP contribution in [-0.4, -0.2) is 0 Å². The molecule has 2 rings (SSSR count). The Balaban J connectivity index is 0.00000102. The van der Waals surface area contributed by atoms with Gasteiger partial charge in [-0.15, -0.1) is 13.2 Å². The second kappa shape index (κ2) is 12.7.